The number of hydrogen-bond acceptors (Lipinski definition) is 4. The molecule has 4 nitrogen and oxygen atoms in total. The molecule has 1 aliphatic heterocycles. The van der Waals surface area contributed by atoms with E-state index in [1.807, 2.05) is 11.8 Å². The van der Waals surface area contributed by atoms with E-state index >= 15 is 0 Å². The number of hydrogen-bond donors (Lipinski definition) is 1. The molecule has 0 amide bonds. The topological polar surface area (TPSA) is 49.4 Å². The summed E-state index contributed by atoms with van der Waals surface area (Å²) in [5, 5.41) is 3.20. The lowest BCUT2D eigenvalue weighted by molar-refractivity contribution is 0.441. The van der Waals surface area contributed by atoms with Crippen molar-refractivity contribution in [2.75, 3.05) is 43.4 Å². The Balaban J connectivity index is 2.20. The van der Waals surface area contributed by atoms with Crippen LogP contribution in [0.15, 0.2) is 0 Å². The molecule has 0 aromatic carbocycles. The molecule has 1 heterocycles. The second-order valence-corrected chi connectivity index (χ2v) is 8.07. The van der Waals surface area contributed by atoms with Crippen LogP contribution >= 0.6 is 11.8 Å². The van der Waals surface area contributed by atoms with Gasteiger partial charge in [0.15, 0.2) is 0 Å². The van der Waals surface area contributed by atoms with Gasteiger partial charge in [-0.1, -0.05) is 13.8 Å². The van der Waals surface area contributed by atoms with Crippen LogP contribution in [-0.2, 0) is 10.0 Å². The molecule has 102 valence electrons. The summed E-state index contributed by atoms with van der Waals surface area (Å²) in [5.74, 6) is 2.76. The summed E-state index contributed by atoms with van der Waals surface area (Å²) in [5.41, 5.74) is 0. The first kappa shape index (κ1) is 15.3. The lowest BCUT2D eigenvalue weighted by Gasteiger charge is -2.25. The van der Waals surface area contributed by atoms with Crippen LogP contribution in [0.25, 0.3) is 0 Å². The minimum atomic E-state index is -3.03. The molecule has 0 aromatic rings. The van der Waals surface area contributed by atoms with Crippen LogP contribution in [-0.4, -0.2) is 56.2 Å². The summed E-state index contributed by atoms with van der Waals surface area (Å²) >= 11 is 1.83. The molecule has 0 radical (unpaired) electrons. The van der Waals surface area contributed by atoms with Gasteiger partial charge in [0.05, 0.1) is 5.75 Å². The van der Waals surface area contributed by atoms with Crippen LogP contribution in [0.4, 0.5) is 0 Å². The third-order valence-corrected chi connectivity index (χ3v) is 5.61. The van der Waals surface area contributed by atoms with Gasteiger partial charge >= 0.3 is 0 Å². The molecular weight excluding hydrogens is 256 g/mol. The maximum absolute atomic E-state index is 12.0. The average molecular weight is 280 g/mol. The van der Waals surface area contributed by atoms with E-state index in [-0.39, 0.29) is 5.75 Å². The van der Waals surface area contributed by atoms with Crippen molar-refractivity contribution in [1.82, 2.24) is 9.62 Å². The molecule has 17 heavy (non-hydrogen) atoms. The maximum Gasteiger partial charge on any atom is 0.215 e. The zero-order valence-electron chi connectivity index (χ0n) is 10.8. The van der Waals surface area contributed by atoms with Crippen LogP contribution in [0, 0.1) is 5.92 Å². The van der Waals surface area contributed by atoms with Gasteiger partial charge in [0.1, 0.15) is 0 Å². The van der Waals surface area contributed by atoms with E-state index in [4.69, 9.17) is 0 Å². The lowest BCUT2D eigenvalue weighted by Crippen LogP contribution is -2.41. The summed E-state index contributed by atoms with van der Waals surface area (Å²) in [4.78, 5) is 0. The lowest BCUT2D eigenvalue weighted by atomic mass is 10.1. The zero-order valence-corrected chi connectivity index (χ0v) is 12.4. The Labute approximate surface area is 110 Å². The molecule has 0 atom stereocenters. The Morgan fingerprint density at radius 3 is 2.47 bits per heavy atom. The molecule has 0 aliphatic carbocycles. The van der Waals surface area contributed by atoms with Crippen molar-refractivity contribution in [2.24, 2.45) is 5.92 Å². The molecule has 6 heteroatoms. The van der Waals surface area contributed by atoms with Crippen molar-refractivity contribution in [3.63, 3.8) is 0 Å². The highest BCUT2D eigenvalue weighted by Gasteiger charge is 2.23. The van der Waals surface area contributed by atoms with Gasteiger partial charge in [0.25, 0.3) is 0 Å². The van der Waals surface area contributed by atoms with Gasteiger partial charge in [-0.05, 0) is 18.9 Å². The summed E-state index contributed by atoms with van der Waals surface area (Å²) in [6.07, 6.45) is 1.10. The predicted octanol–water partition coefficient (Wildman–Crippen LogP) is 1.00. The van der Waals surface area contributed by atoms with Crippen molar-refractivity contribution < 1.29 is 8.42 Å². The van der Waals surface area contributed by atoms with Gasteiger partial charge in [0, 0.05) is 31.1 Å². The van der Waals surface area contributed by atoms with E-state index in [0.717, 1.165) is 24.5 Å². The van der Waals surface area contributed by atoms with Crippen molar-refractivity contribution in [1.29, 1.82) is 0 Å². The average Bonchev–Trinajstić information content (AvgIpc) is 2.29. The normalized spacial score (nSPS) is 18.8. The third-order valence-electron chi connectivity index (χ3n) is 2.80. The highest BCUT2D eigenvalue weighted by atomic mass is 32.2. The van der Waals surface area contributed by atoms with Crippen LogP contribution in [0.3, 0.4) is 0 Å². The summed E-state index contributed by atoms with van der Waals surface area (Å²) in [7, 11) is -3.03. The van der Waals surface area contributed by atoms with Gasteiger partial charge in [-0.15, -0.1) is 0 Å². The fourth-order valence-corrected chi connectivity index (χ4v) is 4.20. The molecule has 1 saturated heterocycles. The van der Waals surface area contributed by atoms with E-state index in [1.165, 1.54) is 0 Å². The molecule has 0 aromatic heterocycles. The molecule has 0 spiro atoms. The third kappa shape index (κ3) is 6.08. The van der Waals surface area contributed by atoms with Crippen molar-refractivity contribution in [2.45, 2.75) is 20.3 Å². The van der Waals surface area contributed by atoms with Crippen LogP contribution in [0.1, 0.15) is 20.3 Å². The number of rotatable bonds is 7. The van der Waals surface area contributed by atoms with Gasteiger partial charge in [-0.25, -0.2) is 12.7 Å². The van der Waals surface area contributed by atoms with Gasteiger partial charge in [0.2, 0.25) is 10.0 Å². The Morgan fingerprint density at radius 2 is 1.88 bits per heavy atom. The zero-order chi connectivity index (χ0) is 12.7. The Kier molecular flexibility index (Phi) is 6.84. The fourth-order valence-electron chi connectivity index (χ4n) is 1.67. The second kappa shape index (κ2) is 7.61. The van der Waals surface area contributed by atoms with E-state index < -0.39 is 10.0 Å². The SMILES string of the molecule is CC(C)CCNCCS(=O)(=O)N1CCSCC1. The van der Waals surface area contributed by atoms with Gasteiger partial charge in [-0.2, -0.15) is 11.8 Å². The van der Waals surface area contributed by atoms with Crippen LogP contribution < -0.4 is 5.32 Å². The number of thioether (sulfide) groups is 1. The smallest absolute Gasteiger partial charge is 0.215 e. The second-order valence-electron chi connectivity index (χ2n) is 4.76. The summed E-state index contributed by atoms with van der Waals surface area (Å²) in [6.45, 7) is 7.17. The molecule has 1 fully saturated rings. The van der Waals surface area contributed by atoms with Crippen molar-refractivity contribution in [3.8, 4) is 0 Å². The van der Waals surface area contributed by atoms with Crippen molar-refractivity contribution in [3.05, 3.63) is 0 Å². The fraction of sp³-hybridized carbons (Fsp3) is 1.00. The first-order valence-electron chi connectivity index (χ1n) is 6.28. The Morgan fingerprint density at radius 1 is 1.24 bits per heavy atom. The standard InChI is InChI=1S/C11H24N2O2S2/c1-11(2)3-4-12-5-10-17(14,15)13-6-8-16-9-7-13/h11-12H,3-10H2,1-2H3. The summed E-state index contributed by atoms with van der Waals surface area (Å²) < 4.78 is 25.6. The highest BCUT2D eigenvalue weighted by molar-refractivity contribution is 7.99. The first-order valence-corrected chi connectivity index (χ1v) is 9.05. The number of sulfonamides is 1. The minimum Gasteiger partial charge on any atom is -0.316 e. The predicted molar refractivity (Wildman–Crippen MR) is 75.0 cm³/mol. The number of nitrogens with zero attached hydrogens (tertiary/aromatic N) is 1. The monoisotopic (exact) mass is 280 g/mol. The Hall–Kier alpha value is 0.220. The molecule has 1 aliphatic rings. The minimum absolute atomic E-state index is 0.232. The van der Waals surface area contributed by atoms with E-state index in [1.54, 1.807) is 4.31 Å². The van der Waals surface area contributed by atoms with Crippen LogP contribution in [0.2, 0.25) is 0 Å². The molecule has 1 rings (SSSR count). The first-order chi connectivity index (χ1) is 8.02. The van der Waals surface area contributed by atoms with Gasteiger partial charge in [-0.3, -0.25) is 0 Å². The quantitative estimate of drug-likeness (QED) is 0.707. The molecule has 1 N–H and O–H groups in total. The van der Waals surface area contributed by atoms with E-state index in [9.17, 15) is 8.42 Å². The van der Waals surface area contributed by atoms with Crippen molar-refractivity contribution >= 4 is 21.8 Å². The maximum atomic E-state index is 12.0. The van der Waals surface area contributed by atoms with E-state index in [2.05, 4.69) is 19.2 Å². The van der Waals surface area contributed by atoms with Gasteiger partial charge < -0.3 is 5.32 Å². The molecule has 0 bridgehead atoms. The molecule has 0 unspecified atom stereocenters. The number of nitrogens with one attached hydrogen (secondary N) is 1. The molecular formula is C11H24N2O2S2. The largest absolute Gasteiger partial charge is 0.316 e. The van der Waals surface area contributed by atoms with E-state index in [0.29, 0.717) is 25.6 Å². The highest BCUT2D eigenvalue weighted by Crippen LogP contribution is 2.12. The summed E-state index contributed by atoms with van der Waals surface area (Å²) in [6, 6.07) is 0. The molecule has 0 saturated carbocycles. The Bertz CT molecular complexity index is 299. The van der Waals surface area contributed by atoms with Crippen LogP contribution in [0.5, 0.6) is 0 Å².